The summed E-state index contributed by atoms with van der Waals surface area (Å²) in [4.78, 5) is 17.1. The fraction of sp³-hybridized carbons (Fsp3) is 0.667. The molecule has 1 amide bonds. The van der Waals surface area contributed by atoms with Gasteiger partial charge < -0.3 is 4.74 Å². The summed E-state index contributed by atoms with van der Waals surface area (Å²) in [7, 11) is 0. The number of thiazole rings is 1. The maximum Gasteiger partial charge on any atom is 0.413 e. The summed E-state index contributed by atoms with van der Waals surface area (Å²) in [5, 5.41) is 4.03. The van der Waals surface area contributed by atoms with Crippen LogP contribution in [0.4, 0.5) is 9.93 Å². The van der Waals surface area contributed by atoms with Crippen LogP contribution in [-0.2, 0) is 17.6 Å². The molecule has 1 N–H and O–H groups in total. The summed E-state index contributed by atoms with van der Waals surface area (Å²) in [6, 6.07) is 0. The number of rotatable bonds is 4. The Morgan fingerprint density at radius 2 is 2.44 bits per heavy atom. The third kappa shape index (κ3) is 3.38. The maximum atomic E-state index is 11.3. The zero-order valence-electron chi connectivity index (χ0n) is 10.7. The van der Waals surface area contributed by atoms with E-state index in [1.54, 1.807) is 18.3 Å². The summed E-state index contributed by atoms with van der Waals surface area (Å²) in [6.07, 6.45) is 2.90. The standard InChI is InChI=1S/C12H18N2O2S2/c1-3-16-12(15)14-11-13-9-7-8(17-4-2)5-6-10(9)18-11/h8H,3-7H2,1-2H3,(H,13,14,15). The molecule has 0 spiro atoms. The third-order valence-electron chi connectivity index (χ3n) is 2.78. The number of aromatic nitrogens is 1. The molecule has 1 atom stereocenters. The minimum absolute atomic E-state index is 0.381. The van der Waals surface area contributed by atoms with Crippen molar-refractivity contribution in [2.45, 2.75) is 38.4 Å². The first kappa shape index (κ1) is 13.7. The van der Waals surface area contributed by atoms with Crippen LogP contribution >= 0.6 is 23.1 Å². The van der Waals surface area contributed by atoms with Crippen molar-refractivity contribution in [3.63, 3.8) is 0 Å². The van der Waals surface area contributed by atoms with Gasteiger partial charge in [-0.1, -0.05) is 6.92 Å². The molecular formula is C12H18N2O2S2. The van der Waals surface area contributed by atoms with Gasteiger partial charge in [-0.2, -0.15) is 11.8 Å². The number of nitrogens with zero attached hydrogens (tertiary/aromatic N) is 1. The zero-order valence-corrected chi connectivity index (χ0v) is 12.3. The zero-order chi connectivity index (χ0) is 13.0. The minimum atomic E-state index is -0.414. The number of carbonyl (C=O) groups is 1. The Balaban J connectivity index is 1.99. The average Bonchev–Trinajstić information content (AvgIpc) is 2.71. The number of nitrogens with one attached hydrogen (secondary N) is 1. The lowest BCUT2D eigenvalue weighted by Gasteiger charge is -2.19. The minimum Gasteiger partial charge on any atom is -0.450 e. The van der Waals surface area contributed by atoms with Crippen LogP contribution in [0.15, 0.2) is 0 Å². The van der Waals surface area contributed by atoms with Crippen LogP contribution in [0.3, 0.4) is 0 Å². The summed E-state index contributed by atoms with van der Waals surface area (Å²) < 4.78 is 4.85. The molecule has 0 saturated heterocycles. The van der Waals surface area contributed by atoms with Gasteiger partial charge in [-0.25, -0.2) is 9.78 Å². The van der Waals surface area contributed by atoms with Crippen molar-refractivity contribution < 1.29 is 9.53 Å². The Bertz CT molecular complexity index is 420. The van der Waals surface area contributed by atoms with Gasteiger partial charge in [0.15, 0.2) is 5.13 Å². The highest BCUT2D eigenvalue weighted by atomic mass is 32.2. The second-order valence-electron chi connectivity index (χ2n) is 4.05. The van der Waals surface area contributed by atoms with E-state index < -0.39 is 6.09 Å². The van der Waals surface area contributed by atoms with Gasteiger partial charge in [0.1, 0.15) is 0 Å². The van der Waals surface area contributed by atoms with Gasteiger partial charge >= 0.3 is 6.09 Å². The van der Waals surface area contributed by atoms with Gasteiger partial charge in [-0.3, -0.25) is 5.32 Å². The van der Waals surface area contributed by atoms with E-state index in [-0.39, 0.29) is 0 Å². The summed E-state index contributed by atoms with van der Waals surface area (Å²) in [6.45, 7) is 4.36. The van der Waals surface area contributed by atoms with Crippen molar-refractivity contribution in [1.82, 2.24) is 4.98 Å². The van der Waals surface area contributed by atoms with Crippen molar-refractivity contribution in [3.8, 4) is 0 Å². The number of anilines is 1. The molecule has 0 saturated carbocycles. The Morgan fingerprint density at radius 1 is 1.61 bits per heavy atom. The predicted octanol–water partition coefficient (Wildman–Crippen LogP) is 3.32. The van der Waals surface area contributed by atoms with E-state index in [4.69, 9.17) is 4.74 Å². The van der Waals surface area contributed by atoms with Crippen LogP contribution in [0.1, 0.15) is 30.8 Å². The predicted molar refractivity (Wildman–Crippen MR) is 76.7 cm³/mol. The maximum absolute atomic E-state index is 11.3. The molecule has 1 aromatic heterocycles. The molecule has 1 aliphatic rings. The molecule has 1 aliphatic carbocycles. The molecule has 4 nitrogen and oxygen atoms in total. The molecule has 2 rings (SSSR count). The van der Waals surface area contributed by atoms with Crippen molar-refractivity contribution >= 4 is 34.3 Å². The van der Waals surface area contributed by atoms with Crippen molar-refractivity contribution in [1.29, 1.82) is 0 Å². The lowest BCUT2D eigenvalue weighted by Crippen LogP contribution is -2.16. The molecular weight excluding hydrogens is 268 g/mol. The normalized spacial score (nSPS) is 18.2. The Morgan fingerprint density at radius 3 is 3.17 bits per heavy atom. The Kier molecular flexibility index (Phi) is 4.88. The van der Waals surface area contributed by atoms with E-state index in [0.29, 0.717) is 17.0 Å². The van der Waals surface area contributed by atoms with Crippen LogP contribution in [0, 0.1) is 0 Å². The van der Waals surface area contributed by atoms with Crippen LogP contribution < -0.4 is 5.32 Å². The monoisotopic (exact) mass is 286 g/mol. The van der Waals surface area contributed by atoms with Crippen LogP contribution in [0.5, 0.6) is 0 Å². The lowest BCUT2D eigenvalue weighted by molar-refractivity contribution is 0.168. The summed E-state index contributed by atoms with van der Waals surface area (Å²) >= 11 is 3.58. The molecule has 0 radical (unpaired) electrons. The molecule has 1 aromatic rings. The van der Waals surface area contributed by atoms with E-state index in [0.717, 1.165) is 24.3 Å². The molecule has 1 unspecified atom stereocenters. The third-order valence-corrected chi connectivity index (χ3v) is 5.06. The van der Waals surface area contributed by atoms with E-state index in [2.05, 4.69) is 17.2 Å². The smallest absolute Gasteiger partial charge is 0.413 e. The second-order valence-corrected chi connectivity index (χ2v) is 6.72. The molecule has 6 heteroatoms. The first-order valence-corrected chi connectivity index (χ1v) is 8.13. The first-order valence-electron chi connectivity index (χ1n) is 6.26. The largest absolute Gasteiger partial charge is 0.450 e. The highest BCUT2D eigenvalue weighted by molar-refractivity contribution is 7.99. The molecule has 100 valence electrons. The van der Waals surface area contributed by atoms with E-state index in [9.17, 15) is 4.79 Å². The van der Waals surface area contributed by atoms with Gasteiger partial charge in [0.25, 0.3) is 0 Å². The number of hydrogen-bond donors (Lipinski definition) is 1. The Hall–Kier alpha value is -0.750. The number of hydrogen-bond acceptors (Lipinski definition) is 5. The van der Waals surface area contributed by atoms with E-state index >= 15 is 0 Å². The van der Waals surface area contributed by atoms with Crippen LogP contribution in [0.2, 0.25) is 0 Å². The lowest BCUT2D eigenvalue weighted by atomic mass is 10.0. The fourth-order valence-corrected chi connectivity index (χ4v) is 4.06. The van der Waals surface area contributed by atoms with Crippen molar-refractivity contribution in [2.75, 3.05) is 17.7 Å². The SMILES string of the molecule is CCOC(=O)Nc1nc2c(s1)CCC(SCC)C2. The van der Waals surface area contributed by atoms with Crippen LogP contribution in [-0.4, -0.2) is 28.7 Å². The highest BCUT2D eigenvalue weighted by Gasteiger charge is 2.23. The number of fused-ring (bicyclic) bond motifs is 1. The van der Waals surface area contributed by atoms with Gasteiger partial charge in [-0.15, -0.1) is 11.3 Å². The second kappa shape index (κ2) is 6.43. The Labute approximate surface area is 116 Å². The molecule has 0 bridgehead atoms. The molecule has 18 heavy (non-hydrogen) atoms. The van der Waals surface area contributed by atoms with E-state index in [1.165, 1.54) is 11.3 Å². The number of amides is 1. The fourth-order valence-electron chi connectivity index (χ4n) is 2.03. The first-order chi connectivity index (χ1) is 8.72. The quantitative estimate of drug-likeness (QED) is 0.922. The van der Waals surface area contributed by atoms with Gasteiger partial charge in [0.05, 0.1) is 12.3 Å². The number of ether oxygens (including phenoxy) is 1. The molecule has 0 fully saturated rings. The molecule has 0 aliphatic heterocycles. The van der Waals surface area contributed by atoms with Gasteiger partial charge in [-0.05, 0) is 25.5 Å². The number of carbonyl (C=O) groups excluding carboxylic acids is 1. The van der Waals surface area contributed by atoms with Crippen LogP contribution in [0.25, 0.3) is 0 Å². The number of thioether (sulfide) groups is 1. The topological polar surface area (TPSA) is 51.2 Å². The summed E-state index contributed by atoms with van der Waals surface area (Å²) in [5.41, 5.74) is 1.16. The number of aryl methyl sites for hydroxylation is 1. The van der Waals surface area contributed by atoms with Gasteiger partial charge in [0, 0.05) is 16.5 Å². The molecule has 1 heterocycles. The van der Waals surface area contributed by atoms with Gasteiger partial charge in [0.2, 0.25) is 0 Å². The van der Waals surface area contributed by atoms with Crippen molar-refractivity contribution in [2.24, 2.45) is 0 Å². The van der Waals surface area contributed by atoms with E-state index in [1.807, 2.05) is 11.8 Å². The summed E-state index contributed by atoms with van der Waals surface area (Å²) in [5.74, 6) is 1.15. The highest BCUT2D eigenvalue weighted by Crippen LogP contribution is 2.33. The average molecular weight is 286 g/mol. The van der Waals surface area contributed by atoms with Crippen molar-refractivity contribution in [3.05, 3.63) is 10.6 Å². The molecule has 0 aromatic carbocycles.